The van der Waals surface area contributed by atoms with Crippen molar-refractivity contribution < 1.29 is 27.8 Å². The first kappa shape index (κ1) is 24.8. The Morgan fingerprint density at radius 2 is 1.69 bits per heavy atom. The van der Waals surface area contributed by atoms with E-state index in [1.165, 1.54) is 50.5 Å². The standard InChI is InChI=1S/C27H25F2N3O4/c1-31(27(34)19-9-5-7-11-22(19)29)16-26(33)32-24(20-14-17(35-2)12-13-25(20)36-3)15-23(30-32)18-8-4-6-10-21(18)28/h4-14,24H,15-16H2,1-3H3/t24-/m1/s1. The number of rotatable bonds is 7. The van der Waals surface area contributed by atoms with Gasteiger partial charge in [-0.15, -0.1) is 0 Å². The van der Waals surface area contributed by atoms with Crippen LogP contribution in [0.2, 0.25) is 0 Å². The number of carbonyl (C=O) groups excluding carboxylic acids is 2. The minimum absolute atomic E-state index is 0.143. The smallest absolute Gasteiger partial charge is 0.262 e. The van der Waals surface area contributed by atoms with E-state index in [1.54, 1.807) is 42.5 Å². The molecule has 1 aliphatic heterocycles. The first-order valence-electron chi connectivity index (χ1n) is 11.2. The van der Waals surface area contributed by atoms with Gasteiger partial charge in [-0.3, -0.25) is 9.59 Å². The number of ether oxygens (including phenoxy) is 2. The van der Waals surface area contributed by atoms with Crippen LogP contribution in [0.15, 0.2) is 71.8 Å². The predicted molar refractivity (Wildman–Crippen MR) is 130 cm³/mol. The van der Waals surface area contributed by atoms with Gasteiger partial charge in [-0.05, 0) is 36.4 Å². The number of carbonyl (C=O) groups is 2. The molecule has 0 aliphatic carbocycles. The molecule has 0 unspecified atom stereocenters. The summed E-state index contributed by atoms with van der Waals surface area (Å²) in [5.41, 5.74) is 1.12. The van der Waals surface area contributed by atoms with Crippen LogP contribution in [0.5, 0.6) is 11.5 Å². The summed E-state index contributed by atoms with van der Waals surface area (Å²) in [7, 11) is 4.44. The summed E-state index contributed by atoms with van der Waals surface area (Å²) >= 11 is 0. The molecule has 3 aromatic carbocycles. The molecule has 0 aromatic heterocycles. The van der Waals surface area contributed by atoms with E-state index < -0.39 is 29.5 Å². The van der Waals surface area contributed by atoms with Crippen molar-refractivity contribution in [2.24, 2.45) is 5.10 Å². The molecule has 4 rings (SSSR count). The summed E-state index contributed by atoms with van der Waals surface area (Å²) in [6.45, 7) is -0.371. The second-order valence-corrected chi connectivity index (χ2v) is 8.23. The Bertz CT molecular complexity index is 1330. The Kier molecular flexibility index (Phi) is 7.28. The molecule has 186 valence electrons. The van der Waals surface area contributed by atoms with E-state index in [-0.39, 0.29) is 24.1 Å². The van der Waals surface area contributed by atoms with Crippen molar-refractivity contribution in [3.8, 4) is 11.5 Å². The van der Waals surface area contributed by atoms with Gasteiger partial charge >= 0.3 is 0 Å². The number of amides is 2. The van der Waals surface area contributed by atoms with Crippen molar-refractivity contribution in [1.82, 2.24) is 9.91 Å². The third-order valence-corrected chi connectivity index (χ3v) is 5.97. The van der Waals surface area contributed by atoms with Crippen molar-refractivity contribution in [3.63, 3.8) is 0 Å². The first-order valence-corrected chi connectivity index (χ1v) is 11.2. The normalized spacial score (nSPS) is 14.9. The summed E-state index contributed by atoms with van der Waals surface area (Å²) in [6, 6.07) is 16.3. The molecule has 0 spiro atoms. The monoisotopic (exact) mass is 493 g/mol. The molecule has 7 nitrogen and oxygen atoms in total. The van der Waals surface area contributed by atoms with Crippen LogP contribution in [0, 0.1) is 11.6 Å². The Morgan fingerprint density at radius 1 is 1.00 bits per heavy atom. The highest BCUT2D eigenvalue weighted by atomic mass is 19.1. The van der Waals surface area contributed by atoms with Crippen LogP contribution in [0.4, 0.5) is 8.78 Å². The molecule has 0 N–H and O–H groups in total. The zero-order chi connectivity index (χ0) is 25.8. The highest BCUT2D eigenvalue weighted by Crippen LogP contribution is 2.39. The molecule has 9 heteroatoms. The van der Waals surface area contributed by atoms with E-state index in [0.717, 1.165) is 4.90 Å². The SMILES string of the molecule is COc1ccc(OC)c([C@H]2CC(c3ccccc3F)=NN2C(=O)CN(C)C(=O)c2ccccc2F)c1. The summed E-state index contributed by atoms with van der Waals surface area (Å²) in [4.78, 5) is 27.3. The number of hydrazone groups is 1. The molecule has 2 amide bonds. The van der Waals surface area contributed by atoms with Crippen LogP contribution in [-0.4, -0.2) is 55.2 Å². The molecule has 0 radical (unpaired) electrons. The Hall–Kier alpha value is -4.27. The molecule has 0 saturated heterocycles. The summed E-state index contributed by atoms with van der Waals surface area (Å²) < 4.78 is 39.6. The maximum absolute atomic E-state index is 14.6. The summed E-state index contributed by atoms with van der Waals surface area (Å²) in [6.07, 6.45) is 0.209. The average molecular weight is 494 g/mol. The minimum atomic E-state index is -0.679. The van der Waals surface area contributed by atoms with E-state index in [4.69, 9.17) is 9.47 Å². The van der Waals surface area contributed by atoms with Crippen LogP contribution < -0.4 is 9.47 Å². The highest BCUT2D eigenvalue weighted by Gasteiger charge is 2.36. The van der Waals surface area contributed by atoms with Crippen LogP contribution in [0.3, 0.4) is 0 Å². The van der Waals surface area contributed by atoms with Crippen LogP contribution in [-0.2, 0) is 4.79 Å². The summed E-state index contributed by atoms with van der Waals surface area (Å²) in [5.74, 6) is -1.27. The molecule has 1 aliphatic rings. The van der Waals surface area contributed by atoms with Crippen LogP contribution in [0.1, 0.15) is 33.9 Å². The Morgan fingerprint density at radius 3 is 2.36 bits per heavy atom. The van der Waals surface area contributed by atoms with Gasteiger partial charge in [0.25, 0.3) is 11.8 Å². The number of hydrogen-bond donors (Lipinski definition) is 0. The molecule has 1 heterocycles. The number of likely N-dealkylation sites (N-methyl/N-ethyl adjacent to an activating group) is 1. The van der Waals surface area contributed by atoms with Gasteiger partial charge in [-0.1, -0.05) is 30.3 Å². The van der Waals surface area contributed by atoms with E-state index in [0.29, 0.717) is 22.8 Å². The number of nitrogens with zero attached hydrogens (tertiary/aromatic N) is 3. The fourth-order valence-corrected chi connectivity index (χ4v) is 4.13. The number of hydrogen-bond acceptors (Lipinski definition) is 5. The number of benzene rings is 3. The first-order chi connectivity index (χ1) is 17.3. The van der Waals surface area contributed by atoms with Gasteiger partial charge in [0.2, 0.25) is 0 Å². The maximum atomic E-state index is 14.6. The van der Waals surface area contributed by atoms with Crippen LogP contribution in [0.25, 0.3) is 0 Å². The second kappa shape index (κ2) is 10.6. The molecule has 1 atom stereocenters. The molecule has 36 heavy (non-hydrogen) atoms. The average Bonchev–Trinajstić information content (AvgIpc) is 3.33. The van der Waals surface area contributed by atoms with Gasteiger partial charge < -0.3 is 14.4 Å². The van der Waals surface area contributed by atoms with Crippen LogP contribution >= 0.6 is 0 Å². The van der Waals surface area contributed by atoms with Crippen molar-refractivity contribution >= 4 is 17.5 Å². The van der Waals surface area contributed by atoms with Crippen molar-refractivity contribution in [3.05, 3.63) is 95.1 Å². The largest absolute Gasteiger partial charge is 0.497 e. The lowest BCUT2D eigenvalue weighted by atomic mass is 9.97. The molecule has 0 fully saturated rings. The van der Waals surface area contributed by atoms with Gasteiger partial charge in [0, 0.05) is 24.6 Å². The molecule has 3 aromatic rings. The summed E-state index contributed by atoms with van der Waals surface area (Å²) in [5, 5.41) is 5.69. The van der Waals surface area contributed by atoms with E-state index in [9.17, 15) is 18.4 Å². The highest BCUT2D eigenvalue weighted by molar-refractivity contribution is 6.04. The van der Waals surface area contributed by atoms with Crippen molar-refractivity contribution in [2.75, 3.05) is 27.8 Å². The van der Waals surface area contributed by atoms with Gasteiger partial charge in [-0.2, -0.15) is 5.10 Å². The third-order valence-electron chi connectivity index (χ3n) is 5.97. The van der Waals surface area contributed by atoms with Gasteiger partial charge in [0.1, 0.15) is 29.7 Å². The molecule has 0 bridgehead atoms. The lowest BCUT2D eigenvalue weighted by Gasteiger charge is -2.26. The van der Waals surface area contributed by atoms with E-state index >= 15 is 0 Å². The zero-order valence-electron chi connectivity index (χ0n) is 20.1. The molecular weight excluding hydrogens is 468 g/mol. The lowest BCUT2D eigenvalue weighted by Crippen LogP contribution is -2.39. The van der Waals surface area contributed by atoms with E-state index in [1.807, 2.05) is 0 Å². The molecular formula is C27H25F2N3O4. The quantitative estimate of drug-likeness (QED) is 0.488. The number of halogens is 2. The third kappa shape index (κ3) is 4.91. The Balaban J connectivity index is 1.68. The fraction of sp³-hybridized carbons (Fsp3) is 0.222. The van der Waals surface area contributed by atoms with Crippen molar-refractivity contribution in [2.45, 2.75) is 12.5 Å². The number of methoxy groups -OCH3 is 2. The van der Waals surface area contributed by atoms with Crippen molar-refractivity contribution in [1.29, 1.82) is 0 Å². The fourth-order valence-electron chi connectivity index (χ4n) is 4.13. The topological polar surface area (TPSA) is 71.4 Å². The Labute approximate surface area is 207 Å². The zero-order valence-corrected chi connectivity index (χ0v) is 20.1. The van der Waals surface area contributed by atoms with Gasteiger partial charge in [0.15, 0.2) is 0 Å². The minimum Gasteiger partial charge on any atom is -0.497 e. The predicted octanol–water partition coefficient (Wildman–Crippen LogP) is 4.43. The lowest BCUT2D eigenvalue weighted by molar-refractivity contribution is -0.133. The van der Waals surface area contributed by atoms with Gasteiger partial charge in [-0.25, -0.2) is 13.8 Å². The maximum Gasteiger partial charge on any atom is 0.262 e. The molecule has 0 saturated carbocycles. The van der Waals surface area contributed by atoms with E-state index in [2.05, 4.69) is 5.10 Å². The van der Waals surface area contributed by atoms with Gasteiger partial charge in [0.05, 0.1) is 31.5 Å². The second-order valence-electron chi connectivity index (χ2n) is 8.23.